The lowest BCUT2D eigenvalue weighted by Gasteiger charge is -2.32. The lowest BCUT2D eigenvalue weighted by molar-refractivity contribution is -0.128. The number of carbonyl (C=O) groups excluding carboxylic acids is 6. The van der Waals surface area contributed by atoms with Crippen molar-refractivity contribution in [2.75, 3.05) is 63.6 Å². The Hall–Kier alpha value is -13.2. The number of nitrogens with two attached hydrogens (primary N) is 3. The molecule has 6 aromatic carbocycles. The standard InChI is InChI=1S/C29H30N6O3.2C29H30N6O2/c1-3-25(37)34-15-5-7-22(17-34)35-29-26(28(30)31-18-32-29)27(33-35)20-12-9-19(10-13-20)11-14-24(36)21-6-4-8-23(16-21)38-2;1-3-25(37)34-15-5-8-23(17-34)35-29-26(28(30)31-18-32-29)27(33-35)21-12-9-20(10-13-21)11-14-24(36)22-7-4-6-19(2)16-22;1-3-25(37)34-16-4-5-23(17-34)35-29-26(28(30)31-18-32-29)27(33-35)22-13-8-20(9-14-22)10-15-24(36)21-11-6-19(2)7-12-21/h3-4,6,8-10,12-13,16,18,22H,1,5,7,11,14-15,17H2,2H3,(H2,30,31,32);3-4,6-7,9-10,12-13,16,18,23H,1,5,8,11,14-15,17H2,2H3,(H2,30,31,32);3,6-9,11-14,18,23H,1,4-5,10,15-17H2,2H3,(H2,30,31,32). The van der Waals surface area contributed by atoms with E-state index in [1.807, 2.05) is 161 Å². The van der Waals surface area contributed by atoms with E-state index in [0.29, 0.717) is 157 Å². The molecule has 6 N–H and O–H groups in total. The molecule has 0 spiro atoms. The maximum atomic E-state index is 12.7. The first-order valence-corrected chi connectivity index (χ1v) is 37.7. The van der Waals surface area contributed by atoms with Gasteiger partial charge >= 0.3 is 0 Å². The zero-order valence-electron chi connectivity index (χ0n) is 63.2. The van der Waals surface area contributed by atoms with Gasteiger partial charge in [-0.3, -0.25) is 28.8 Å². The van der Waals surface area contributed by atoms with Crippen molar-refractivity contribution in [3.8, 4) is 39.5 Å². The molecule has 0 bridgehead atoms. The Morgan fingerprint density at radius 2 is 0.759 bits per heavy atom. The lowest BCUT2D eigenvalue weighted by Crippen LogP contribution is -2.40. The van der Waals surface area contributed by atoms with Crippen molar-refractivity contribution in [1.29, 1.82) is 0 Å². The van der Waals surface area contributed by atoms with Crippen LogP contribution in [0.15, 0.2) is 203 Å². The summed E-state index contributed by atoms with van der Waals surface area (Å²) in [6, 6.07) is 46.6. The Balaban J connectivity index is 0.000000147. The number of rotatable bonds is 22. The molecule has 9 heterocycles. The molecule has 12 aromatic rings. The SMILES string of the molecule is C=CC(=O)N1CCCC(n2nc(-c3ccc(CCC(=O)c4ccc(C)cc4)cc3)c3c(N)ncnc32)C1.C=CC(=O)N1CCCC(n2nc(-c3ccc(CCC(=O)c4cccc(C)c4)cc3)c3c(N)ncnc32)C1.C=CC(=O)N1CCCC(n2nc(-c3ccc(CCC(=O)c4cccc(OC)c4)cc3)c3c(N)ncnc32)C1. The number of piperidine rings is 3. The highest BCUT2D eigenvalue weighted by atomic mass is 16.5. The van der Waals surface area contributed by atoms with Gasteiger partial charge in [-0.25, -0.2) is 43.9 Å². The molecule has 15 rings (SSSR count). The normalized spacial score (nSPS) is 15.5. The van der Waals surface area contributed by atoms with Gasteiger partial charge in [-0.15, -0.1) is 0 Å². The van der Waals surface area contributed by atoms with Crippen LogP contribution in [0.2, 0.25) is 0 Å². The minimum absolute atomic E-state index is 0.0183. The number of anilines is 3. The predicted octanol–water partition coefficient (Wildman–Crippen LogP) is 13.3. The van der Waals surface area contributed by atoms with Gasteiger partial charge in [0.2, 0.25) is 17.7 Å². The summed E-state index contributed by atoms with van der Waals surface area (Å²) >= 11 is 0. The molecule has 0 aliphatic carbocycles. The lowest BCUT2D eigenvalue weighted by atomic mass is 10.00. The van der Waals surface area contributed by atoms with Gasteiger partial charge in [0.05, 0.1) is 41.4 Å². The van der Waals surface area contributed by atoms with Crippen LogP contribution in [0.25, 0.3) is 66.9 Å². The number of ether oxygens (including phenoxy) is 1. The molecule has 6 aromatic heterocycles. The fraction of sp³-hybridized carbons (Fsp3) is 0.276. The average Bonchev–Trinajstić information content (AvgIpc) is 1.62. The van der Waals surface area contributed by atoms with Crippen molar-refractivity contribution in [3.63, 3.8) is 0 Å². The van der Waals surface area contributed by atoms with Gasteiger partial charge in [-0.2, -0.15) is 15.3 Å². The summed E-state index contributed by atoms with van der Waals surface area (Å²) in [5, 5.41) is 16.9. The van der Waals surface area contributed by atoms with Crippen molar-refractivity contribution >= 4 is 85.6 Å². The molecule has 25 nitrogen and oxygen atoms in total. The van der Waals surface area contributed by atoms with Crippen molar-refractivity contribution in [1.82, 2.24) is 73.9 Å². The molecule has 0 radical (unpaired) electrons. The molecule has 3 amide bonds. The number of likely N-dealkylation sites (tertiary alicyclic amines) is 3. The fourth-order valence-corrected chi connectivity index (χ4v) is 14.9. The van der Waals surface area contributed by atoms with E-state index < -0.39 is 0 Å². The third kappa shape index (κ3) is 17.4. The summed E-state index contributed by atoms with van der Waals surface area (Å²) in [5.74, 6) is 1.87. The first kappa shape index (κ1) is 77.0. The van der Waals surface area contributed by atoms with Crippen LogP contribution in [-0.4, -0.2) is 155 Å². The van der Waals surface area contributed by atoms with E-state index in [2.05, 4.69) is 49.6 Å². The molecule has 3 aliphatic rings. The molecule has 3 fully saturated rings. The maximum Gasteiger partial charge on any atom is 0.246 e. The van der Waals surface area contributed by atoms with Crippen LogP contribution in [0.1, 0.15) is 135 Å². The number of benzene rings is 6. The van der Waals surface area contributed by atoms with Crippen molar-refractivity contribution in [2.45, 2.75) is 109 Å². The Morgan fingerprint density at radius 3 is 1.10 bits per heavy atom. The summed E-state index contributed by atoms with van der Waals surface area (Å²) in [6.45, 7) is 18.6. The number of hydrogen-bond acceptors (Lipinski definition) is 19. The minimum Gasteiger partial charge on any atom is -0.497 e. The average molecular weight is 1500 g/mol. The first-order chi connectivity index (χ1) is 54.4. The minimum atomic E-state index is -0.0824. The van der Waals surface area contributed by atoms with Gasteiger partial charge in [0, 0.05) is 91.9 Å². The van der Waals surface area contributed by atoms with E-state index >= 15 is 0 Å². The zero-order valence-corrected chi connectivity index (χ0v) is 63.2. The Bertz CT molecular complexity index is 5500. The Kier molecular flexibility index (Phi) is 24.1. The van der Waals surface area contributed by atoms with Gasteiger partial charge in [0.1, 0.15) is 59.3 Å². The summed E-state index contributed by atoms with van der Waals surface area (Å²) in [6.07, 6.45) is 16.9. The largest absolute Gasteiger partial charge is 0.497 e. The van der Waals surface area contributed by atoms with E-state index in [4.69, 9.17) is 37.2 Å². The van der Waals surface area contributed by atoms with E-state index in [1.54, 1.807) is 33.9 Å². The van der Waals surface area contributed by atoms with E-state index in [-0.39, 0.29) is 53.2 Å². The van der Waals surface area contributed by atoms with E-state index in [9.17, 15) is 28.8 Å². The van der Waals surface area contributed by atoms with Crippen LogP contribution in [0.5, 0.6) is 5.75 Å². The quantitative estimate of drug-likeness (QED) is 0.0419. The Labute approximate surface area is 649 Å². The van der Waals surface area contributed by atoms with Gasteiger partial charge in [0.25, 0.3) is 0 Å². The maximum absolute atomic E-state index is 12.7. The van der Waals surface area contributed by atoms with Gasteiger partial charge in [0.15, 0.2) is 34.3 Å². The molecule has 0 saturated carbocycles. The van der Waals surface area contributed by atoms with Gasteiger partial charge in [-0.05, 0) is 125 Å². The third-order valence-electron chi connectivity index (χ3n) is 21.0. The number of hydrogen-bond donors (Lipinski definition) is 3. The summed E-state index contributed by atoms with van der Waals surface area (Å²) in [5.41, 5.74) is 33.2. The van der Waals surface area contributed by atoms with Crippen LogP contribution < -0.4 is 21.9 Å². The number of nitrogens with zero attached hydrogens (tertiary/aromatic N) is 15. The van der Waals surface area contributed by atoms with E-state index in [0.717, 1.165) is 94.2 Å². The second kappa shape index (κ2) is 35.0. The molecule has 25 heteroatoms. The molecule has 3 atom stereocenters. The van der Waals surface area contributed by atoms with Crippen LogP contribution in [0.4, 0.5) is 17.5 Å². The van der Waals surface area contributed by atoms with E-state index in [1.165, 1.54) is 37.2 Å². The second-order valence-corrected chi connectivity index (χ2v) is 28.4. The number of aryl methyl sites for hydroxylation is 5. The highest BCUT2D eigenvalue weighted by Crippen LogP contribution is 2.38. The molecule has 570 valence electrons. The Morgan fingerprint density at radius 1 is 0.420 bits per heavy atom. The number of nitrogen functional groups attached to an aromatic ring is 3. The smallest absolute Gasteiger partial charge is 0.246 e. The van der Waals surface area contributed by atoms with Crippen LogP contribution in [0, 0.1) is 13.8 Å². The van der Waals surface area contributed by atoms with Crippen molar-refractivity contribution < 1.29 is 33.5 Å². The monoisotopic (exact) mass is 1500 g/mol. The fourth-order valence-electron chi connectivity index (χ4n) is 14.9. The second-order valence-electron chi connectivity index (χ2n) is 28.4. The van der Waals surface area contributed by atoms with Gasteiger partial charge in [-0.1, -0.05) is 158 Å². The number of methoxy groups -OCH3 is 1. The summed E-state index contributed by atoms with van der Waals surface area (Å²) in [7, 11) is 1.59. The van der Waals surface area contributed by atoms with Crippen molar-refractivity contribution in [2.24, 2.45) is 0 Å². The van der Waals surface area contributed by atoms with Crippen LogP contribution >= 0.6 is 0 Å². The molecule has 3 saturated heterocycles. The molecular formula is C87H90N18O7. The zero-order chi connectivity index (χ0) is 78.5. The number of fused-ring (bicyclic) bond motifs is 3. The molecule has 112 heavy (non-hydrogen) atoms. The summed E-state index contributed by atoms with van der Waals surface area (Å²) in [4.78, 5) is 106. The number of carbonyl (C=O) groups is 6. The number of Topliss-reactive ketones (excluding diaryl/α,β-unsaturated/α-hetero) is 3. The molecule has 3 aliphatic heterocycles. The number of aromatic nitrogens is 12. The molecule has 3 unspecified atom stereocenters. The highest BCUT2D eigenvalue weighted by molar-refractivity contribution is 6.02. The first-order valence-electron chi connectivity index (χ1n) is 37.7. The number of ketones is 3. The molecular weight excluding hydrogens is 1410 g/mol. The van der Waals surface area contributed by atoms with Crippen LogP contribution in [0.3, 0.4) is 0 Å². The highest BCUT2D eigenvalue weighted by Gasteiger charge is 2.32. The predicted molar refractivity (Wildman–Crippen MR) is 434 cm³/mol. The third-order valence-corrected chi connectivity index (χ3v) is 21.0. The van der Waals surface area contributed by atoms with Gasteiger partial charge < -0.3 is 36.6 Å². The van der Waals surface area contributed by atoms with Crippen LogP contribution in [-0.2, 0) is 33.6 Å². The topological polar surface area (TPSA) is 330 Å². The summed E-state index contributed by atoms with van der Waals surface area (Å²) < 4.78 is 10.9. The van der Waals surface area contributed by atoms with Crippen molar-refractivity contribution in [3.05, 3.63) is 247 Å². The number of amides is 3.